The van der Waals surface area contributed by atoms with Crippen LogP contribution in [0, 0.1) is 20.8 Å². The van der Waals surface area contributed by atoms with Gasteiger partial charge in [-0.2, -0.15) is 0 Å². The van der Waals surface area contributed by atoms with Gasteiger partial charge in [-0.3, -0.25) is 9.59 Å². The molecule has 0 unspecified atom stereocenters. The van der Waals surface area contributed by atoms with Crippen LogP contribution in [0.4, 0.5) is 5.69 Å². The van der Waals surface area contributed by atoms with Gasteiger partial charge in [-0.05, 0) is 74.9 Å². The maximum Gasteiger partial charge on any atom is 0.219 e. The molecule has 39 heavy (non-hydrogen) atoms. The number of hydrogen-bond donors (Lipinski definition) is 2. The number of nitrogens with zero attached hydrogens (tertiary/aromatic N) is 2. The molecule has 0 atom stereocenters. The van der Waals surface area contributed by atoms with E-state index in [4.69, 9.17) is 28.9 Å². The highest BCUT2D eigenvalue weighted by Gasteiger charge is 2.15. The summed E-state index contributed by atoms with van der Waals surface area (Å²) in [4.78, 5) is 31.1. The second-order valence-electron chi connectivity index (χ2n) is 9.69. The molecule has 1 amide bonds. The number of amides is 1. The quantitative estimate of drug-likeness (QED) is 0.146. The second-order valence-corrected chi connectivity index (χ2v) is 11.5. The minimum atomic E-state index is 0.202. The Labute approximate surface area is 245 Å². The number of halogens is 2. The molecular weight excluding hydrogens is 551 g/mol. The molecule has 1 fully saturated rings. The van der Waals surface area contributed by atoms with Crippen LogP contribution in [-0.4, -0.2) is 60.2 Å². The van der Waals surface area contributed by atoms with E-state index in [9.17, 15) is 9.59 Å². The van der Waals surface area contributed by atoms with Crippen LogP contribution in [0.2, 0.25) is 10.0 Å². The number of carbonyl (C=O) groups is 2. The van der Waals surface area contributed by atoms with Crippen LogP contribution >= 0.6 is 35.0 Å². The van der Waals surface area contributed by atoms with Gasteiger partial charge in [0.25, 0.3) is 0 Å². The minimum absolute atomic E-state index is 0.202. The smallest absolute Gasteiger partial charge is 0.219 e. The van der Waals surface area contributed by atoms with Gasteiger partial charge in [0.2, 0.25) is 5.91 Å². The third-order valence-electron chi connectivity index (χ3n) is 6.99. The van der Waals surface area contributed by atoms with Gasteiger partial charge in [0.05, 0.1) is 10.0 Å². The summed E-state index contributed by atoms with van der Waals surface area (Å²) in [6, 6.07) is 11.3. The lowest BCUT2D eigenvalue weighted by Gasteiger charge is -2.31. The fraction of sp³-hybridized carbons (Fsp3) is 0.333. The van der Waals surface area contributed by atoms with Gasteiger partial charge in [-0.25, -0.2) is 0 Å². The zero-order chi connectivity index (χ0) is 28.7. The highest BCUT2D eigenvalue weighted by atomic mass is 35.5. The van der Waals surface area contributed by atoms with E-state index in [2.05, 4.69) is 23.9 Å². The van der Waals surface area contributed by atoms with Crippen molar-refractivity contribution in [1.82, 2.24) is 14.8 Å². The topological polar surface area (TPSA) is 82.4 Å². The molecule has 1 aliphatic rings. The molecule has 3 aromatic rings. The lowest BCUT2D eigenvalue weighted by Crippen LogP contribution is -2.46. The van der Waals surface area contributed by atoms with Crippen LogP contribution in [-0.2, 0) is 15.3 Å². The predicted molar refractivity (Wildman–Crippen MR) is 166 cm³/mol. The van der Waals surface area contributed by atoms with Gasteiger partial charge in [-0.1, -0.05) is 35.3 Å². The molecule has 1 aliphatic heterocycles. The maximum absolute atomic E-state index is 11.9. The molecule has 9 heteroatoms. The SMILES string of the molecule is CC(=O)N1CCN(C)CC1.Cc1[nH]c(/C=C(\C=O)c2cc(SCc3cccc(Cl)c3Cl)ccc2N)c(C)c1C. The molecule has 0 spiro atoms. The zero-order valence-electron chi connectivity index (χ0n) is 23.1. The summed E-state index contributed by atoms with van der Waals surface area (Å²) in [7, 11) is 2.08. The molecular formula is C30H36Cl2N4O2S. The first-order valence-corrected chi connectivity index (χ1v) is 14.5. The number of aromatic nitrogens is 1. The Morgan fingerprint density at radius 1 is 1.08 bits per heavy atom. The largest absolute Gasteiger partial charge is 0.398 e. The van der Waals surface area contributed by atoms with E-state index in [1.54, 1.807) is 24.8 Å². The van der Waals surface area contributed by atoms with Gasteiger partial charge < -0.3 is 20.5 Å². The normalized spacial score (nSPS) is 14.1. The molecule has 2 heterocycles. The molecule has 4 rings (SSSR count). The first-order valence-electron chi connectivity index (χ1n) is 12.7. The van der Waals surface area contributed by atoms with E-state index in [-0.39, 0.29) is 5.91 Å². The summed E-state index contributed by atoms with van der Waals surface area (Å²) in [5.74, 6) is 0.866. The fourth-order valence-corrected chi connectivity index (χ4v) is 5.56. The van der Waals surface area contributed by atoms with Crippen LogP contribution in [0.25, 0.3) is 11.6 Å². The van der Waals surface area contributed by atoms with Crippen LogP contribution in [0.3, 0.4) is 0 Å². The molecule has 1 aromatic heterocycles. The van der Waals surface area contributed by atoms with E-state index in [0.717, 1.165) is 59.9 Å². The average molecular weight is 588 g/mol. The number of allylic oxidation sites excluding steroid dienone is 1. The summed E-state index contributed by atoms with van der Waals surface area (Å²) < 4.78 is 0. The Morgan fingerprint density at radius 2 is 1.77 bits per heavy atom. The fourth-order valence-electron chi connectivity index (χ4n) is 4.17. The number of thioether (sulfide) groups is 1. The second kappa shape index (κ2) is 14.1. The third-order valence-corrected chi connectivity index (χ3v) is 8.89. The van der Waals surface area contributed by atoms with Crippen molar-refractivity contribution >= 4 is 64.5 Å². The van der Waals surface area contributed by atoms with E-state index in [0.29, 0.717) is 32.6 Å². The predicted octanol–water partition coefficient (Wildman–Crippen LogP) is 6.64. The number of carbonyl (C=O) groups excluding carboxylic acids is 2. The first-order chi connectivity index (χ1) is 18.5. The van der Waals surface area contributed by atoms with Crippen LogP contribution in [0.15, 0.2) is 41.3 Å². The van der Waals surface area contributed by atoms with Crippen LogP contribution in [0.5, 0.6) is 0 Å². The number of aromatic amines is 1. The van der Waals surface area contributed by atoms with Crippen molar-refractivity contribution in [3.63, 3.8) is 0 Å². The van der Waals surface area contributed by atoms with E-state index in [1.807, 2.05) is 55.2 Å². The molecule has 0 saturated carbocycles. The highest BCUT2D eigenvalue weighted by molar-refractivity contribution is 7.98. The Hall–Kier alpha value is -2.71. The minimum Gasteiger partial charge on any atom is -0.398 e. The summed E-state index contributed by atoms with van der Waals surface area (Å²) in [6.45, 7) is 11.6. The number of nitrogens with one attached hydrogen (secondary N) is 1. The number of nitrogen functional groups attached to an aromatic ring is 1. The lowest BCUT2D eigenvalue weighted by atomic mass is 10.0. The Balaban J connectivity index is 0.000000353. The zero-order valence-corrected chi connectivity index (χ0v) is 25.4. The van der Waals surface area contributed by atoms with Gasteiger partial charge in [0.15, 0.2) is 6.29 Å². The number of nitrogens with two attached hydrogens (primary N) is 1. The van der Waals surface area contributed by atoms with Crippen LogP contribution < -0.4 is 5.73 Å². The maximum atomic E-state index is 11.9. The number of H-pyrrole nitrogens is 1. The average Bonchev–Trinajstić information content (AvgIpc) is 3.15. The van der Waals surface area contributed by atoms with Gasteiger partial charge in [0.1, 0.15) is 0 Å². The Kier molecular flexibility index (Phi) is 11.1. The van der Waals surface area contributed by atoms with Gasteiger partial charge in [0, 0.05) is 72.0 Å². The van der Waals surface area contributed by atoms with Crippen molar-refractivity contribution in [3.05, 3.63) is 80.1 Å². The van der Waals surface area contributed by atoms with E-state index < -0.39 is 0 Å². The molecule has 0 bridgehead atoms. The standard InChI is InChI=1S/C23H22Cl2N2OS.C7H14N2O/c1-13-14(2)22(27-15(13)3)9-17(11-28)19-10-18(7-8-21(19)26)29-12-16-5-4-6-20(24)23(16)25;1-7(10)9-5-3-8(2)4-6-9/h4-11,27H,12,26H2,1-3H3;3-6H2,1-2H3/b17-9+;. The summed E-state index contributed by atoms with van der Waals surface area (Å²) >= 11 is 14.0. The monoisotopic (exact) mass is 586 g/mol. The van der Waals surface area contributed by atoms with Crippen molar-refractivity contribution in [2.45, 2.75) is 38.3 Å². The van der Waals surface area contributed by atoms with Crippen molar-refractivity contribution in [2.75, 3.05) is 39.0 Å². The molecule has 0 aliphatic carbocycles. The Morgan fingerprint density at radius 3 is 2.36 bits per heavy atom. The number of anilines is 1. The molecule has 2 aromatic carbocycles. The molecule has 1 saturated heterocycles. The molecule has 0 radical (unpaired) electrons. The third kappa shape index (κ3) is 8.15. The number of aldehydes is 1. The Bertz CT molecular complexity index is 1360. The van der Waals surface area contributed by atoms with E-state index >= 15 is 0 Å². The number of hydrogen-bond acceptors (Lipinski definition) is 5. The summed E-state index contributed by atoms with van der Waals surface area (Å²) in [6.07, 6.45) is 2.70. The van der Waals surface area contributed by atoms with Crippen LogP contribution in [0.1, 0.15) is 40.6 Å². The van der Waals surface area contributed by atoms with Crippen molar-refractivity contribution < 1.29 is 9.59 Å². The van der Waals surface area contributed by atoms with Gasteiger partial charge >= 0.3 is 0 Å². The van der Waals surface area contributed by atoms with E-state index in [1.165, 1.54) is 5.56 Å². The number of piperazine rings is 1. The number of rotatable bonds is 6. The summed E-state index contributed by atoms with van der Waals surface area (Å²) in [5, 5.41) is 1.11. The molecule has 3 N–H and O–H groups in total. The number of aryl methyl sites for hydroxylation is 1. The van der Waals surface area contributed by atoms with Crippen molar-refractivity contribution in [2.24, 2.45) is 0 Å². The molecule has 6 nitrogen and oxygen atoms in total. The first kappa shape index (κ1) is 30.8. The summed E-state index contributed by atoms with van der Waals surface area (Å²) in [5.41, 5.74) is 13.3. The van der Waals surface area contributed by atoms with Crippen molar-refractivity contribution in [1.29, 1.82) is 0 Å². The van der Waals surface area contributed by atoms with Crippen molar-refractivity contribution in [3.8, 4) is 0 Å². The highest BCUT2D eigenvalue weighted by Crippen LogP contribution is 2.34. The lowest BCUT2D eigenvalue weighted by molar-refractivity contribution is -0.130. The number of benzene rings is 2. The van der Waals surface area contributed by atoms with Gasteiger partial charge in [-0.15, -0.1) is 11.8 Å². The number of likely N-dealkylation sites (N-methyl/N-ethyl adjacent to an activating group) is 1. The molecule has 208 valence electrons.